The summed E-state index contributed by atoms with van der Waals surface area (Å²) in [5, 5.41) is 3.49. The maximum absolute atomic E-state index is 14.5. The SMILES string of the molecule is CCNC(=O)C(Cc1ccccc1)N(Cc1ccc(Cl)c(Cl)c1)C(=O)CN(c1ccc(OCC)cc1)S(=O)(=O)c1ccc(SC)cc1. The summed E-state index contributed by atoms with van der Waals surface area (Å²) in [4.78, 5) is 30.5. The third-order valence-electron chi connectivity index (χ3n) is 7.32. The first-order valence-corrected chi connectivity index (χ1v) is 18.4. The van der Waals surface area contributed by atoms with Crippen LogP contribution in [0.2, 0.25) is 10.0 Å². The Labute approximate surface area is 291 Å². The Balaban J connectivity index is 1.81. The molecule has 4 aromatic rings. The minimum absolute atomic E-state index is 0.0239. The van der Waals surface area contributed by atoms with Gasteiger partial charge in [-0.1, -0.05) is 59.6 Å². The van der Waals surface area contributed by atoms with Crippen LogP contribution in [-0.4, -0.2) is 57.1 Å². The minimum atomic E-state index is -4.24. The molecule has 47 heavy (non-hydrogen) atoms. The molecule has 1 atom stereocenters. The molecule has 0 fully saturated rings. The number of benzene rings is 4. The average Bonchev–Trinajstić information content (AvgIpc) is 3.07. The average molecular weight is 715 g/mol. The highest BCUT2D eigenvalue weighted by Crippen LogP contribution is 2.29. The number of nitrogens with zero attached hydrogens (tertiary/aromatic N) is 2. The fourth-order valence-corrected chi connectivity index (χ4v) is 7.10. The molecule has 4 rings (SSSR count). The van der Waals surface area contributed by atoms with Crippen LogP contribution in [-0.2, 0) is 32.6 Å². The fourth-order valence-electron chi connectivity index (χ4n) is 4.96. The summed E-state index contributed by atoms with van der Waals surface area (Å²) in [5.74, 6) is -0.390. The molecule has 0 aliphatic heterocycles. The van der Waals surface area contributed by atoms with Gasteiger partial charge in [-0.05, 0) is 91.9 Å². The summed E-state index contributed by atoms with van der Waals surface area (Å²) in [6.45, 7) is 3.83. The van der Waals surface area contributed by atoms with Gasteiger partial charge in [-0.15, -0.1) is 11.8 Å². The summed E-state index contributed by atoms with van der Waals surface area (Å²) in [5.41, 5.74) is 1.72. The number of ether oxygens (including phenoxy) is 1. The highest BCUT2D eigenvalue weighted by atomic mass is 35.5. The van der Waals surface area contributed by atoms with Gasteiger partial charge in [0.2, 0.25) is 11.8 Å². The summed E-state index contributed by atoms with van der Waals surface area (Å²) < 4.78 is 35.1. The largest absolute Gasteiger partial charge is 0.494 e. The number of likely N-dealkylation sites (N-methyl/N-ethyl adjacent to an activating group) is 1. The fraction of sp³-hybridized carbons (Fsp3) is 0.257. The van der Waals surface area contributed by atoms with Crippen molar-refractivity contribution in [3.63, 3.8) is 0 Å². The van der Waals surface area contributed by atoms with Crippen LogP contribution in [0, 0.1) is 0 Å². The van der Waals surface area contributed by atoms with E-state index >= 15 is 0 Å². The second-order valence-corrected chi connectivity index (χ2v) is 14.0. The van der Waals surface area contributed by atoms with Gasteiger partial charge >= 0.3 is 0 Å². The number of hydrogen-bond acceptors (Lipinski definition) is 6. The lowest BCUT2D eigenvalue weighted by atomic mass is 10.0. The molecule has 1 N–H and O–H groups in total. The molecule has 2 amide bonds. The normalized spacial score (nSPS) is 11.9. The summed E-state index contributed by atoms with van der Waals surface area (Å²) in [7, 11) is -4.24. The molecular weight excluding hydrogens is 677 g/mol. The quantitative estimate of drug-likeness (QED) is 0.132. The van der Waals surface area contributed by atoms with Crippen molar-refractivity contribution in [2.45, 2.75) is 42.6 Å². The molecular formula is C35H37Cl2N3O5S2. The smallest absolute Gasteiger partial charge is 0.264 e. The second kappa shape index (κ2) is 16.9. The Morgan fingerprint density at radius 1 is 0.872 bits per heavy atom. The van der Waals surface area contributed by atoms with E-state index in [1.807, 2.05) is 43.5 Å². The van der Waals surface area contributed by atoms with Crippen LogP contribution in [0.4, 0.5) is 5.69 Å². The minimum Gasteiger partial charge on any atom is -0.494 e. The number of carbonyl (C=O) groups is 2. The van der Waals surface area contributed by atoms with E-state index in [1.165, 1.54) is 28.8 Å². The van der Waals surface area contributed by atoms with Crippen molar-refractivity contribution in [1.82, 2.24) is 10.2 Å². The molecule has 4 aromatic carbocycles. The lowest BCUT2D eigenvalue weighted by Gasteiger charge is -2.34. The summed E-state index contributed by atoms with van der Waals surface area (Å²) in [6, 6.07) is 26.3. The Morgan fingerprint density at radius 3 is 2.15 bits per heavy atom. The monoisotopic (exact) mass is 713 g/mol. The van der Waals surface area contributed by atoms with Crippen LogP contribution in [0.1, 0.15) is 25.0 Å². The molecule has 248 valence electrons. The van der Waals surface area contributed by atoms with E-state index in [4.69, 9.17) is 27.9 Å². The van der Waals surface area contributed by atoms with Crippen molar-refractivity contribution < 1.29 is 22.7 Å². The van der Waals surface area contributed by atoms with Gasteiger partial charge in [0.05, 0.1) is 27.2 Å². The topological polar surface area (TPSA) is 96.0 Å². The zero-order chi connectivity index (χ0) is 34.0. The number of anilines is 1. The zero-order valence-electron chi connectivity index (χ0n) is 26.4. The number of sulfonamides is 1. The third kappa shape index (κ3) is 9.44. The highest BCUT2D eigenvalue weighted by molar-refractivity contribution is 7.98. The van der Waals surface area contributed by atoms with Gasteiger partial charge in [0.1, 0.15) is 18.3 Å². The van der Waals surface area contributed by atoms with Gasteiger partial charge in [-0.25, -0.2) is 8.42 Å². The van der Waals surface area contributed by atoms with Crippen molar-refractivity contribution in [3.8, 4) is 5.75 Å². The summed E-state index contributed by atoms with van der Waals surface area (Å²) in [6.07, 6.45) is 2.10. The van der Waals surface area contributed by atoms with Gasteiger partial charge in [0.15, 0.2) is 0 Å². The van der Waals surface area contributed by atoms with Crippen LogP contribution in [0.5, 0.6) is 5.75 Å². The first kappa shape index (κ1) is 36.1. The predicted molar refractivity (Wildman–Crippen MR) is 190 cm³/mol. The Morgan fingerprint density at radius 2 is 1.55 bits per heavy atom. The first-order chi connectivity index (χ1) is 22.6. The van der Waals surface area contributed by atoms with E-state index in [1.54, 1.807) is 61.5 Å². The van der Waals surface area contributed by atoms with E-state index in [9.17, 15) is 18.0 Å². The van der Waals surface area contributed by atoms with Crippen LogP contribution in [0.15, 0.2) is 107 Å². The number of halogens is 2. The van der Waals surface area contributed by atoms with Crippen LogP contribution >= 0.6 is 35.0 Å². The zero-order valence-corrected chi connectivity index (χ0v) is 29.5. The number of amides is 2. The standard InChI is InChI=1S/C35H37Cl2N3O5S2/c1-4-38-35(42)33(22-25-9-7-6-8-10-25)39(23-26-11-20-31(36)32(37)21-26)34(41)24-40(27-12-14-28(15-13-27)45-5-2)47(43,44)30-18-16-29(46-3)17-19-30/h6-21,33H,4-5,22-24H2,1-3H3,(H,38,42). The molecule has 0 heterocycles. The lowest BCUT2D eigenvalue weighted by molar-refractivity contribution is -0.140. The molecule has 0 aliphatic carbocycles. The molecule has 1 unspecified atom stereocenters. The molecule has 0 aromatic heterocycles. The van der Waals surface area contributed by atoms with Gasteiger partial charge in [-0.3, -0.25) is 13.9 Å². The Kier molecular flexibility index (Phi) is 13.0. The van der Waals surface area contributed by atoms with E-state index in [0.29, 0.717) is 34.5 Å². The van der Waals surface area contributed by atoms with Crippen molar-refractivity contribution in [1.29, 1.82) is 0 Å². The van der Waals surface area contributed by atoms with Gasteiger partial charge in [-0.2, -0.15) is 0 Å². The van der Waals surface area contributed by atoms with Crippen molar-refractivity contribution in [2.75, 3.05) is 30.3 Å². The van der Waals surface area contributed by atoms with Gasteiger partial charge in [0, 0.05) is 24.4 Å². The first-order valence-electron chi connectivity index (χ1n) is 15.0. The van der Waals surface area contributed by atoms with Crippen molar-refractivity contribution >= 4 is 62.5 Å². The van der Waals surface area contributed by atoms with Gasteiger partial charge in [0.25, 0.3) is 10.0 Å². The molecule has 0 saturated heterocycles. The molecule has 0 spiro atoms. The number of rotatable bonds is 15. The van der Waals surface area contributed by atoms with Gasteiger partial charge < -0.3 is 15.0 Å². The van der Waals surface area contributed by atoms with Crippen LogP contribution in [0.3, 0.4) is 0 Å². The van der Waals surface area contributed by atoms with Crippen molar-refractivity contribution in [3.05, 3.63) is 118 Å². The maximum atomic E-state index is 14.5. The number of carbonyl (C=O) groups excluding carboxylic acids is 2. The predicted octanol–water partition coefficient (Wildman–Crippen LogP) is 7.09. The highest BCUT2D eigenvalue weighted by Gasteiger charge is 2.34. The molecule has 0 saturated carbocycles. The molecule has 0 bridgehead atoms. The lowest BCUT2D eigenvalue weighted by Crippen LogP contribution is -2.53. The van der Waals surface area contributed by atoms with E-state index in [0.717, 1.165) is 14.8 Å². The van der Waals surface area contributed by atoms with Crippen molar-refractivity contribution in [2.24, 2.45) is 0 Å². The number of hydrogen-bond donors (Lipinski definition) is 1. The van der Waals surface area contributed by atoms with E-state index in [2.05, 4.69) is 5.32 Å². The third-order valence-corrected chi connectivity index (χ3v) is 10.6. The second-order valence-electron chi connectivity index (χ2n) is 10.5. The van der Waals surface area contributed by atoms with Crippen LogP contribution < -0.4 is 14.4 Å². The number of nitrogens with one attached hydrogen (secondary N) is 1. The Hall–Kier alpha value is -3.70. The molecule has 0 radical (unpaired) electrons. The molecule has 12 heteroatoms. The molecule has 8 nitrogen and oxygen atoms in total. The number of thioether (sulfide) groups is 1. The maximum Gasteiger partial charge on any atom is 0.264 e. The van der Waals surface area contributed by atoms with E-state index < -0.39 is 28.5 Å². The van der Waals surface area contributed by atoms with E-state index in [-0.39, 0.29) is 29.5 Å². The summed E-state index contributed by atoms with van der Waals surface area (Å²) >= 11 is 14.0. The van der Waals surface area contributed by atoms with Crippen LogP contribution in [0.25, 0.3) is 0 Å². The Bertz CT molecular complexity index is 1760. The molecule has 0 aliphatic rings.